The van der Waals surface area contributed by atoms with Crippen LogP contribution in [0.3, 0.4) is 0 Å². The summed E-state index contributed by atoms with van der Waals surface area (Å²) < 4.78 is 4.63. The first kappa shape index (κ1) is 6.54. The summed E-state index contributed by atoms with van der Waals surface area (Å²) in [6.45, 7) is 0. The first-order valence-electron chi connectivity index (χ1n) is 2.59. The maximum absolute atomic E-state index is 9.77. The van der Waals surface area contributed by atoms with Gasteiger partial charge in [0.05, 0.1) is 11.9 Å². The molecular weight excluding hydrogens is 132 g/mol. The minimum Gasteiger partial charge on any atom is -0.396 e. The van der Waals surface area contributed by atoms with Crippen molar-refractivity contribution >= 4 is 12.0 Å². The van der Waals surface area contributed by atoms with E-state index in [1.165, 1.54) is 12.5 Å². The highest BCUT2D eigenvalue weighted by Gasteiger charge is 1.97. The number of allylic oxidation sites excluding steroid dienone is 1. The van der Waals surface area contributed by atoms with Crippen LogP contribution < -0.4 is 5.73 Å². The van der Waals surface area contributed by atoms with Gasteiger partial charge in [-0.1, -0.05) is 5.16 Å². The molecule has 2 N–H and O–H groups in total. The largest absolute Gasteiger partial charge is 0.396 e. The Morgan fingerprint density at radius 2 is 2.70 bits per heavy atom. The molecule has 0 spiro atoms. The van der Waals surface area contributed by atoms with E-state index in [1.807, 2.05) is 0 Å². The summed E-state index contributed by atoms with van der Waals surface area (Å²) in [6, 6.07) is 1.56. The van der Waals surface area contributed by atoms with E-state index in [0.717, 1.165) is 6.08 Å². The quantitative estimate of drug-likeness (QED) is 0.586. The number of aromatic nitrogens is 1. The first-order valence-corrected chi connectivity index (χ1v) is 2.59. The molecular formula is C6H5N2O2. The van der Waals surface area contributed by atoms with E-state index < -0.39 is 0 Å². The zero-order valence-corrected chi connectivity index (χ0v) is 5.07. The molecule has 4 heteroatoms. The molecule has 4 nitrogen and oxygen atoms in total. The monoisotopic (exact) mass is 137 g/mol. The molecule has 0 aliphatic carbocycles. The summed E-state index contributed by atoms with van der Waals surface area (Å²) in [5, 5.41) is 3.40. The van der Waals surface area contributed by atoms with Gasteiger partial charge in [0.1, 0.15) is 0 Å². The highest BCUT2D eigenvalue weighted by Crippen LogP contribution is 2.04. The Bertz CT molecular complexity index is 238. The van der Waals surface area contributed by atoms with Crippen molar-refractivity contribution in [3.05, 3.63) is 24.1 Å². The normalized spacial score (nSPS) is 11.4. The van der Waals surface area contributed by atoms with Gasteiger partial charge in [-0.25, -0.2) is 0 Å². The fourth-order valence-electron chi connectivity index (χ4n) is 0.499. The number of nitrogens with two attached hydrogens (primary N) is 1. The Labute approximate surface area is 57.3 Å². The van der Waals surface area contributed by atoms with Crippen molar-refractivity contribution in [3.63, 3.8) is 0 Å². The van der Waals surface area contributed by atoms with Crippen molar-refractivity contribution in [2.24, 2.45) is 5.73 Å². The van der Waals surface area contributed by atoms with Crippen LogP contribution in [0.1, 0.15) is 5.76 Å². The van der Waals surface area contributed by atoms with Crippen LogP contribution in [0.15, 0.2) is 22.9 Å². The van der Waals surface area contributed by atoms with Crippen molar-refractivity contribution in [3.8, 4) is 0 Å². The fourth-order valence-corrected chi connectivity index (χ4v) is 0.499. The maximum atomic E-state index is 9.77. The van der Waals surface area contributed by atoms with Gasteiger partial charge in [-0.3, -0.25) is 4.79 Å². The van der Waals surface area contributed by atoms with Crippen LogP contribution in [0.5, 0.6) is 0 Å². The average molecular weight is 137 g/mol. The fraction of sp³-hybridized carbons (Fsp3) is 0. The second-order valence-electron chi connectivity index (χ2n) is 1.59. The number of nitrogens with zero attached hydrogens (tertiary/aromatic N) is 1. The third kappa shape index (κ3) is 1.22. The van der Waals surface area contributed by atoms with Crippen LogP contribution in [0.25, 0.3) is 5.70 Å². The number of carbonyl (C=O) groups excluding carboxylic acids is 1. The lowest BCUT2D eigenvalue weighted by molar-refractivity contribution is 0.409. The van der Waals surface area contributed by atoms with Crippen molar-refractivity contribution in [2.75, 3.05) is 0 Å². The van der Waals surface area contributed by atoms with Crippen molar-refractivity contribution in [1.82, 2.24) is 5.16 Å². The van der Waals surface area contributed by atoms with Crippen LogP contribution in [0, 0.1) is 0 Å². The molecule has 0 aliphatic heterocycles. The van der Waals surface area contributed by atoms with Gasteiger partial charge in [0.15, 0.2) is 5.76 Å². The molecule has 1 rings (SSSR count). The molecule has 0 bridgehead atoms. The second kappa shape index (κ2) is 2.82. The molecule has 0 atom stereocenters. The van der Waals surface area contributed by atoms with Gasteiger partial charge in [-0.2, -0.15) is 0 Å². The molecule has 1 aromatic rings. The predicted octanol–water partition coefficient (Wildman–Crippen LogP) is 0.0839. The number of hydrogen-bond acceptors (Lipinski definition) is 4. The summed E-state index contributed by atoms with van der Waals surface area (Å²) in [5.74, 6) is 0.378. The van der Waals surface area contributed by atoms with Gasteiger partial charge >= 0.3 is 0 Å². The Morgan fingerprint density at radius 3 is 3.20 bits per heavy atom. The molecule has 1 heterocycles. The standard InChI is InChI=1S/C6H5N2O2/c7-5(2-4-9)6-1-3-8-10-6/h1-3H,7H2/b5-2-. The van der Waals surface area contributed by atoms with Crippen LogP contribution in [0.2, 0.25) is 0 Å². The molecule has 0 amide bonds. The minimum absolute atomic E-state index is 0.229. The van der Waals surface area contributed by atoms with Gasteiger partial charge in [0, 0.05) is 12.1 Å². The molecule has 1 radical (unpaired) electrons. The summed E-state index contributed by atoms with van der Waals surface area (Å²) in [4.78, 5) is 9.77. The molecule has 10 heavy (non-hydrogen) atoms. The molecule has 0 fully saturated rings. The lowest BCUT2D eigenvalue weighted by atomic mass is 10.3. The first-order chi connectivity index (χ1) is 4.84. The van der Waals surface area contributed by atoms with Gasteiger partial charge in [-0.15, -0.1) is 0 Å². The zero-order chi connectivity index (χ0) is 7.40. The summed E-state index contributed by atoms with van der Waals surface area (Å²) in [7, 11) is 0. The van der Waals surface area contributed by atoms with Gasteiger partial charge < -0.3 is 10.3 Å². The van der Waals surface area contributed by atoms with E-state index in [4.69, 9.17) is 5.73 Å². The lowest BCUT2D eigenvalue weighted by Crippen LogP contribution is -1.93. The van der Waals surface area contributed by atoms with E-state index in [2.05, 4.69) is 9.68 Å². The molecule has 0 saturated carbocycles. The SMILES string of the molecule is N/C(=C\[C]=O)c1ccno1. The Balaban J connectivity index is 2.86. The lowest BCUT2D eigenvalue weighted by Gasteiger charge is -1.87. The van der Waals surface area contributed by atoms with E-state index in [0.29, 0.717) is 5.76 Å². The summed E-state index contributed by atoms with van der Waals surface area (Å²) in [6.07, 6.45) is 4.06. The summed E-state index contributed by atoms with van der Waals surface area (Å²) >= 11 is 0. The third-order valence-electron chi connectivity index (χ3n) is 0.937. The minimum atomic E-state index is 0.229. The maximum Gasteiger partial charge on any atom is 0.227 e. The predicted molar refractivity (Wildman–Crippen MR) is 34.4 cm³/mol. The van der Waals surface area contributed by atoms with E-state index in [9.17, 15) is 4.79 Å². The molecule has 0 aliphatic rings. The van der Waals surface area contributed by atoms with E-state index in [-0.39, 0.29) is 5.70 Å². The second-order valence-corrected chi connectivity index (χ2v) is 1.59. The molecule has 0 aromatic carbocycles. The smallest absolute Gasteiger partial charge is 0.227 e. The summed E-state index contributed by atoms with van der Waals surface area (Å²) in [5.41, 5.74) is 5.54. The number of hydrogen-bond donors (Lipinski definition) is 1. The molecule has 1 aromatic heterocycles. The van der Waals surface area contributed by atoms with Gasteiger partial charge in [0.2, 0.25) is 6.29 Å². The van der Waals surface area contributed by atoms with E-state index in [1.54, 1.807) is 6.07 Å². The molecule has 0 saturated heterocycles. The van der Waals surface area contributed by atoms with Crippen LogP contribution in [-0.2, 0) is 4.79 Å². The van der Waals surface area contributed by atoms with Crippen molar-refractivity contribution < 1.29 is 9.32 Å². The highest BCUT2D eigenvalue weighted by molar-refractivity contribution is 5.78. The molecule has 0 unspecified atom stereocenters. The van der Waals surface area contributed by atoms with Crippen LogP contribution in [0.4, 0.5) is 0 Å². The average Bonchev–Trinajstić information content (AvgIpc) is 2.38. The van der Waals surface area contributed by atoms with Crippen LogP contribution in [-0.4, -0.2) is 11.4 Å². The topological polar surface area (TPSA) is 69.1 Å². The molecule has 51 valence electrons. The van der Waals surface area contributed by atoms with Gasteiger partial charge in [0.25, 0.3) is 0 Å². The van der Waals surface area contributed by atoms with Crippen molar-refractivity contribution in [2.45, 2.75) is 0 Å². The van der Waals surface area contributed by atoms with E-state index >= 15 is 0 Å². The Kier molecular flexibility index (Phi) is 1.84. The third-order valence-corrected chi connectivity index (χ3v) is 0.937. The Morgan fingerprint density at radius 1 is 1.90 bits per heavy atom. The zero-order valence-electron chi connectivity index (χ0n) is 5.07. The van der Waals surface area contributed by atoms with Crippen LogP contribution >= 0.6 is 0 Å². The van der Waals surface area contributed by atoms with Gasteiger partial charge in [-0.05, 0) is 0 Å². The number of rotatable bonds is 2. The highest BCUT2D eigenvalue weighted by atomic mass is 16.5. The van der Waals surface area contributed by atoms with Crippen molar-refractivity contribution in [1.29, 1.82) is 0 Å². The Hall–Kier alpha value is -1.58.